The zero-order valence-electron chi connectivity index (χ0n) is 14.0. The van der Waals surface area contributed by atoms with E-state index in [0.29, 0.717) is 0 Å². The maximum atomic E-state index is 12.6. The van der Waals surface area contributed by atoms with Crippen molar-refractivity contribution in [2.24, 2.45) is 17.8 Å². The Labute approximate surface area is 129 Å². The van der Waals surface area contributed by atoms with Crippen LogP contribution in [0, 0.1) is 17.8 Å². The lowest BCUT2D eigenvalue weighted by molar-refractivity contribution is -0.875. The van der Waals surface area contributed by atoms with Crippen molar-refractivity contribution in [1.82, 2.24) is 5.32 Å². The van der Waals surface area contributed by atoms with Crippen molar-refractivity contribution < 1.29 is 15.0 Å². The van der Waals surface area contributed by atoms with Crippen molar-refractivity contribution in [2.75, 3.05) is 27.2 Å². The van der Waals surface area contributed by atoms with Crippen LogP contribution >= 0.6 is 0 Å². The molecule has 0 spiro atoms. The summed E-state index contributed by atoms with van der Waals surface area (Å²) in [7, 11) is 4.32. The molecule has 4 saturated carbocycles. The van der Waals surface area contributed by atoms with Crippen LogP contribution in [0.4, 0.5) is 0 Å². The molecule has 4 aliphatic rings. The minimum atomic E-state index is 0.0531. The first kappa shape index (κ1) is 15.3. The molecule has 1 atom stereocenters. The second-order valence-electron chi connectivity index (χ2n) is 8.46. The number of quaternary nitrogens is 2. The molecule has 1 amide bonds. The largest absolute Gasteiger partial charge is 0.345 e. The third kappa shape index (κ3) is 3.42. The van der Waals surface area contributed by atoms with Crippen molar-refractivity contribution in [2.45, 2.75) is 57.0 Å². The van der Waals surface area contributed by atoms with Gasteiger partial charge in [-0.2, -0.15) is 0 Å². The summed E-state index contributed by atoms with van der Waals surface area (Å²) in [6.45, 7) is 4.19. The van der Waals surface area contributed by atoms with E-state index in [0.717, 1.165) is 30.8 Å². The Morgan fingerprint density at radius 3 is 2.19 bits per heavy atom. The van der Waals surface area contributed by atoms with Crippen LogP contribution in [0.2, 0.25) is 0 Å². The average molecular weight is 295 g/mol. The van der Waals surface area contributed by atoms with Gasteiger partial charge in [0.15, 0.2) is 6.04 Å². The number of likely N-dealkylation sites (N-methyl/N-ethyl adjacent to an activating group) is 1. The lowest BCUT2D eigenvalue weighted by Gasteiger charge is -2.57. The smallest absolute Gasteiger partial charge is 0.278 e. The molecule has 4 nitrogen and oxygen atoms in total. The van der Waals surface area contributed by atoms with Gasteiger partial charge in [0.05, 0.1) is 14.1 Å². The standard InChI is InChI=1S/C17H31N3O/c1-12(18-4-5-20(2)3)16(21)19-17-9-13-6-14(10-17)8-15(7-13)11-17/h12-15,18H,4-11H2,1-3H3,(H,19,21)/p+2/t12-,13?,14?,15?,17?/m1/s1. The Morgan fingerprint density at radius 1 is 1.19 bits per heavy atom. The predicted octanol–water partition coefficient (Wildman–Crippen LogP) is -0.832. The summed E-state index contributed by atoms with van der Waals surface area (Å²) in [4.78, 5) is 14.0. The fraction of sp³-hybridized carbons (Fsp3) is 0.941. The SMILES string of the molecule is C[C@@H]([NH2+]CC[NH+](C)C)C(=O)NC12CC3CC(CC(C3)C1)C2. The highest BCUT2D eigenvalue weighted by atomic mass is 16.2. The summed E-state index contributed by atoms with van der Waals surface area (Å²) >= 11 is 0. The van der Waals surface area contributed by atoms with E-state index in [2.05, 4.69) is 31.7 Å². The molecule has 4 fully saturated rings. The number of carbonyl (C=O) groups is 1. The van der Waals surface area contributed by atoms with Crippen LogP contribution in [0.5, 0.6) is 0 Å². The third-order valence-corrected chi connectivity index (χ3v) is 6.00. The molecule has 0 radical (unpaired) electrons. The summed E-state index contributed by atoms with van der Waals surface area (Å²) in [5.74, 6) is 2.96. The van der Waals surface area contributed by atoms with Gasteiger partial charge in [0.2, 0.25) is 0 Å². The molecule has 0 aromatic heterocycles. The minimum Gasteiger partial charge on any atom is -0.345 e. The van der Waals surface area contributed by atoms with Gasteiger partial charge >= 0.3 is 0 Å². The molecule has 0 saturated heterocycles. The number of nitrogens with two attached hydrogens (primary N) is 1. The monoisotopic (exact) mass is 295 g/mol. The topological polar surface area (TPSA) is 50.2 Å². The van der Waals surface area contributed by atoms with Gasteiger partial charge in [-0.05, 0) is 63.2 Å². The normalized spacial score (nSPS) is 38.8. The van der Waals surface area contributed by atoms with Gasteiger partial charge in [-0.15, -0.1) is 0 Å². The number of amides is 1. The van der Waals surface area contributed by atoms with Gasteiger partial charge in [0.25, 0.3) is 5.91 Å². The molecule has 0 aromatic rings. The van der Waals surface area contributed by atoms with E-state index in [4.69, 9.17) is 0 Å². The molecule has 4 N–H and O–H groups in total. The predicted molar refractivity (Wildman–Crippen MR) is 83.0 cm³/mol. The van der Waals surface area contributed by atoms with Crippen molar-refractivity contribution in [3.05, 3.63) is 0 Å². The second-order valence-corrected chi connectivity index (χ2v) is 8.46. The van der Waals surface area contributed by atoms with Crippen LogP contribution in [-0.4, -0.2) is 44.7 Å². The van der Waals surface area contributed by atoms with Crippen LogP contribution in [0.25, 0.3) is 0 Å². The van der Waals surface area contributed by atoms with E-state index in [1.165, 1.54) is 43.4 Å². The number of hydrogen-bond acceptors (Lipinski definition) is 1. The zero-order chi connectivity index (χ0) is 15.0. The highest BCUT2D eigenvalue weighted by Gasteiger charge is 2.51. The molecular formula is C17H33N3O+2. The molecule has 4 heteroatoms. The van der Waals surface area contributed by atoms with E-state index < -0.39 is 0 Å². The van der Waals surface area contributed by atoms with Crippen molar-refractivity contribution in [3.63, 3.8) is 0 Å². The molecule has 0 heterocycles. The van der Waals surface area contributed by atoms with Gasteiger partial charge in [0.1, 0.15) is 13.1 Å². The minimum absolute atomic E-state index is 0.0531. The third-order valence-electron chi connectivity index (χ3n) is 6.00. The number of rotatable bonds is 6. The first-order valence-electron chi connectivity index (χ1n) is 8.90. The van der Waals surface area contributed by atoms with Gasteiger partial charge in [-0.25, -0.2) is 0 Å². The van der Waals surface area contributed by atoms with E-state index in [1.807, 2.05) is 0 Å². The van der Waals surface area contributed by atoms with Crippen LogP contribution < -0.4 is 15.5 Å². The Morgan fingerprint density at radius 2 is 1.71 bits per heavy atom. The highest BCUT2D eigenvalue weighted by Crippen LogP contribution is 2.55. The molecule has 0 aliphatic heterocycles. The highest BCUT2D eigenvalue weighted by molar-refractivity contribution is 5.80. The van der Waals surface area contributed by atoms with E-state index >= 15 is 0 Å². The molecule has 120 valence electrons. The number of carbonyl (C=O) groups excluding carboxylic acids is 1. The molecule has 4 aliphatic carbocycles. The lowest BCUT2D eigenvalue weighted by Crippen LogP contribution is -3.10. The van der Waals surface area contributed by atoms with Crippen LogP contribution in [-0.2, 0) is 4.79 Å². The zero-order valence-corrected chi connectivity index (χ0v) is 14.0. The van der Waals surface area contributed by atoms with Crippen LogP contribution in [0.15, 0.2) is 0 Å². The van der Waals surface area contributed by atoms with E-state index in [1.54, 1.807) is 0 Å². The van der Waals surface area contributed by atoms with Gasteiger partial charge in [0, 0.05) is 5.54 Å². The van der Waals surface area contributed by atoms with Gasteiger partial charge in [-0.3, -0.25) is 4.79 Å². The maximum absolute atomic E-state index is 12.6. The first-order valence-corrected chi connectivity index (χ1v) is 8.90. The summed E-state index contributed by atoms with van der Waals surface area (Å²) in [6.07, 6.45) is 8.05. The quantitative estimate of drug-likeness (QED) is 0.588. The molecule has 21 heavy (non-hydrogen) atoms. The summed E-state index contributed by atoms with van der Waals surface area (Å²) in [6, 6.07) is 0.0531. The van der Waals surface area contributed by atoms with Crippen molar-refractivity contribution >= 4 is 5.91 Å². The Kier molecular flexibility index (Phi) is 4.28. The van der Waals surface area contributed by atoms with E-state index in [-0.39, 0.29) is 17.5 Å². The van der Waals surface area contributed by atoms with Crippen LogP contribution in [0.3, 0.4) is 0 Å². The fourth-order valence-electron chi connectivity index (χ4n) is 5.37. The maximum Gasteiger partial charge on any atom is 0.278 e. The molecule has 4 bridgehead atoms. The van der Waals surface area contributed by atoms with Crippen molar-refractivity contribution in [3.8, 4) is 0 Å². The number of hydrogen-bond donors (Lipinski definition) is 3. The molecule has 4 rings (SSSR count). The average Bonchev–Trinajstić information content (AvgIpc) is 2.35. The lowest BCUT2D eigenvalue weighted by atomic mass is 9.53. The van der Waals surface area contributed by atoms with E-state index in [9.17, 15) is 4.79 Å². The second kappa shape index (κ2) is 5.88. The van der Waals surface area contributed by atoms with Gasteiger partial charge < -0.3 is 15.5 Å². The molecular weight excluding hydrogens is 262 g/mol. The first-order chi connectivity index (χ1) is 9.96. The Hall–Kier alpha value is -0.610. The fourth-order valence-corrected chi connectivity index (χ4v) is 5.37. The summed E-state index contributed by atoms with van der Waals surface area (Å²) in [5.41, 5.74) is 0.167. The molecule has 0 unspecified atom stereocenters. The Bertz CT molecular complexity index is 358. The molecule has 0 aromatic carbocycles. The van der Waals surface area contributed by atoms with Gasteiger partial charge in [-0.1, -0.05) is 0 Å². The van der Waals surface area contributed by atoms with Crippen LogP contribution in [0.1, 0.15) is 45.4 Å². The number of nitrogens with one attached hydrogen (secondary N) is 2. The van der Waals surface area contributed by atoms with Crippen molar-refractivity contribution in [1.29, 1.82) is 0 Å². The Balaban J connectivity index is 1.52. The summed E-state index contributed by atoms with van der Waals surface area (Å²) in [5, 5.41) is 5.68. The summed E-state index contributed by atoms with van der Waals surface area (Å²) < 4.78 is 0.